The highest BCUT2D eigenvalue weighted by atomic mass is 16.5. The Morgan fingerprint density at radius 2 is 2.00 bits per heavy atom. The summed E-state index contributed by atoms with van der Waals surface area (Å²) in [5.74, 6) is 3.10. The number of hydrogen-bond donors (Lipinski definition) is 1. The summed E-state index contributed by atoms with van der Waals surface area (Å²) in [6.45, 7) is 3.50. The molecule has 0 radical (unpaired) electrons. The molecule has 0 saturated heterocycles. The number of rotatable bonds is 4. The average Bonchev–Trinajstić information content (AvgIpc) is 2.37. The zero-order valence-electron chi connectivity index (χ0n) is 11.0. The first kappa shape index (κ1) is 13.9. The zero-order chi connectivity index (χ0) is 13.8. The summed E-state index contributed by atoms with van der Waals surface area (Å²) in [4.78, 5) is 12.1. The van der Waals surface area contributed by atoms with E-state index in [1.807, 2.05) is 0 Å². The van der Waals surface area contributed by atoms with E-state index in [1.54, 1.807) is 32.0 Å². The molecule has 1 N–H and O–H groups in total. The van der Waals surface area contributed by atoms with Crippen LogP contribution in [0.1, 0.15) is 24.2 Å². The minimum absolute atomic E-state index is 0.297. The molecule has 1 rings (SSSR count). The number of benzene rings is 1. The molecule has 0 spiro atoms. The van der Waals surface area contributed by atoms with Gasteiger partial charge in [-0.05, 0) is 26.0 Å². The molecule has 0 atom stereocenters. The van der Waals surface area contributed by atoms with E-state index < -0.39 is 5.54 Å². The molecule has 0 aliphatic carbocycles. The summed E-state index contributed by atoms with van der Waals surface area (Å²) in [5.41, 5.74) is -0.328. The molecule has 0 heterocycles. The summed E-state index contributed by atoms with van der Waals surface area (Å²) in [6.07, 6.45) is 5.34. The van der Waals surface area contributed by atoms with Gasteiger partial charge in [-0.2, -0.15) is 0 Å². The molecule has 0 aliphatic rings. The van der Waals surface area contributed by atoms with Crippen molar-refractivity contribution < 1.29 is 14.3 Å². The zero-order valence-corrected chi connectivity index (χ0v) is 11.0. The van der Waals surface area contributed by atoms with Gasteiger partial charge in [-0.1, -0.05) is 12.0 Å². The Morgan fingerprint density at radius 1 is 1.33 bits per heavy atom. The molecule has 96 valence electrons. The lowest BCUT2D eigenvalue weighted by Gasteiger charge is -2.20. The number of para-hydroxylation sites is 1. The SMILES string of the molecule is C#CC(C)(C)NC(=O)c1cccc(OC)c1OC. The van der Waals surface area contributed by atoms with Gasteiger partial charge in [0.1, 0.15) is 0 Å². The number of methoxy groups -OCH3 is 2. The number of ether oxygens (including phenoxy) is 2. The Hall–Kier alpha value is -2.15. The third kappa shape index (κ3) is 2.95. The second-order valence-electron chi connectivity index (χ2n) is 4.26. The number of carbonyl (C=O) groups excluding carboxylic acids is 1. The monoisotopic (exact) mass is 247 g/mol. The summed E-state index contributed by atoms with van der Waals surface area (Å²) >= 11 is 0. The van der Waals surface area contributed by atoms with Gasteiger partial charge in [-0.25, -0.2) is 0 Å². The Kier molecular flexibility index (Phi) is 4.22. The smallest absolute Gasteiger partial charge is 0.256 e. The highest BCUT2D eigenvalue weighted by molar-refractivity contribution is 5.98. The van der Waals surface area contributed by atoms with E-state index in [2.05, 4.69) is 11.2 Å². The molecule has 0 unspecified atom stereocenters. The second kappa shape index (κ2) is 5.46. The van der Waals surface area contributed by atoms with Crippen LogP contribution in [0.2, 0.25) is 0 Å². The molecular weight excluding hydrogens is 230 g/mol. The molecule has 4 heteroatoms. The molecule has 0 bridgehead atoms. The quantitative estimate of drug-likeness (QED) is 0.826. The minimum Gasteiger partial charge on any atom is -0.493 e. The number of hydrogen-bond acceptors (Lipinski definition) is 3. The fourth-order valence-electron chi connectivity index (χ4n) is 1.45. The van der Waals surface area contributed by atoms with Crippen molar-refractivity contribution in [1.29, 1.82) is 0 Å². The van der Waals surface area contributed by atoms with Crippen LogP contribution >= 0.6 is 0 Å². The first-order chi connectivity index (χ1) is 8.45. The van der Waals surface area contributed by atoms with Crippen LogP contribution in [0, 0.1) is 12.3 Å². The predicted molar refractivity (Wildman–Crippen MR) is 69.9 cm³/mol. The Labute approximate surface area is 107 Å². The molecule has 1 amide bonds. The van der Waals surface area contributed by atoms with Crippen LogP contribution in [0.25, 0.3) is 0 Å². The summed E-state index contributed by atoms with van der Waals surface area (Å²) in [7, 11) is 3.01. The Balaban J connectivity index is 3.11. The van der Waals surface area contributed by atoms with Crippen LogP contribution in [-0.4, -0.2) is 25.7 Å². The van der Waals surface area contributed by atoms with E-state index in [0.717, 1.165) is 0 Å². The maximum absolute atomic E-state index is 12.1. The van der Waals surface area contributed by atoms with Crippen molar-refractivity contribution in [2.24, 2.45) is 0 Å². The Morgan fingerprint density at radius 3 is 2.50 bits per heavy atom. The van der Waals surface area contributed by atoms with Crippen molar-refractivity contribution in [3.63, 3.8) is 0 Å². The summed E-state index contributed by atoms with van der Waals surface area (Å²) in [5, 5.41) is 2.74. The van der Waals surface area contributed by atoms with Gasteiger partial charge in [0.2, 0.25) is 0 Å². The molecule has 1 aromatic carbocycles. The van der Waals surface area contributed by atoms with Crippen LogP contribution in [0.4, 0.5) is 0 Å². The molecule has 4 nitrogen and oxygen atoms in total. The number of carbonyl (C=O) groups is 1. The average molecular weight is 247 g/mol. The van der Waals surface area contributed by atoms with Crippen molar-refractivity contribution in [3.05, 3.63) is 23.8 Å². The van der Waals surface area contributed by atoms with Crippen molar-refractivity contribution >= 4 is 5.91 Å². The Bertz CT molecular complexity index is 486. The standard InChI is InChI=1S/C14H17NO3/c1-6-14(2,3)15-13(16)10-8-7-9-11(17-4)12(10)18-5/h1,7-9H,2-5H3,(H,15,16). The lowest BCUT2D eigenvalue weighted by molar-refractivity contribution is 0.0926. The third-order valence-corrected chi connectivity index (χ3v) is 2.43. The van der Waals surface area contributed by atoms with Crippen LogP contribution in [0.5, 0.6) is 11.5 Å². The third-order valence-electron chi connectivity index (χ3n) is 2.43. The van der Waals surface area contributed by atoms with Gasteiger partial charge in [-0.3, -0.25) is 4.79 Å². The van der Waals surface area contributed by atoms with Crippen molar-refractivity contribution in [2.45, 2.75) is 19.4 Å². The molecular formula is C14H17NO3. The van der Waals surface area contributed by atoms with Gasteiger partial charge in [0.05, 0.1) is 25.3 Å². The van der Waals surface area contributed by atoms with Gasteiger partial charge >= 0.3 is 0 Å². The largest absolute Gasteiger partial charge is 0.493 e. The van der Waals surface area contributed by atoms with E-state index in [9.17, 15) is 4.79 Å². The van der Waals surface area contributed by atoms with Gasteiger partial charge < -0.3 is 14.8 Å². The first-order valence-electron chi connectivity index (χ1n) is 5.46. The highest BCUT2D eigenvalue weighted by Gasteiger charge is 2.22. The van der Waals surface area contributed by atoms with Gasteiger partial charge in [0.25, 0.3) is 5.91 Å². The minimum atomic E-state index is -0.717. The fraction of sp³-hybridized carbons (Fsp3) is 0.357. The molecule has 0 aromatic heterocycles. The molecule has 0 saturated carbocycles. The van der Waals surface area contributed by atoms with Crippen LogP contribution in [-0.2, 0) is 0 Å². The maximum atomic E-state index is 12.1. The molecule has 18 heavy (non-hydrogen) atoms. The fourth-order valence-corrected chi connectivity index (χ4v) is 1.45. The van der Waals surface area contributed by atoms with Crippen LogP contribution in [0.3, 0.4) is 0 Å². The van der Waals surface area contributed by atoms with Gasteiger partial charge in [0.15, 0.2) is 11.5 Å². The predicted octanol–water partition coefficient (Wildman–Crippen LogP) is 1.85. The lowest BCUT2D eigenvalue weighted by atomic mass is 10.1. The highest BCUT2D eigenvalue weighted by Crippen LogP contribution is 2.30. The maximum Gasteiger partial charge on any atom is 0.256 e. The number of amides is 1. The van der Waals surface area contributed by atoms with E-state index in [1.165, 1.54) is 14.2 Å². The number of terminal acetylenes is 1. The lowest BCUT2D eigenvalue weighted by Crippen LogP contribution is -2.42. The molecule has 0 aliphatic heterocycles. The normalized spacial score (nSPS) is 10.4. The van der Waals surface area contributed by atoms with Gasteiger partial charge in [-0.15, -0.1) is 6.42 Å². The van der Waals surface area contributed by atoms with E-state index in [4.69, 9.17) is 15.9 Å². The van der Waals surface area contributed by atoms with E-state index in [-0.39, 0.29) is 5.91 Å². The topological polar surface area (TPSA) is 47.6 Å². The number of nitrogens with one attached hydrogen (secondary N) is 1. The summed E-state index contributed by atoms with van der Waals surface area (Å²) in [6, 6.07) is 5.10. The van der Waals surface area contributed by atoms with Crippen molar-refractivity contribution in [2.75, 3.05) is 14.2 Å². The second-order valence-corrected chi connectivity index (χ2v) is 4.26. The van der Waals surface area contributed by atoms with E-state index >= 15 is 0 Å². The first-order valence-corrected chi connectivity index (χ1v) is 5.46. The summed E-state index contributed by atoms with van der Waals surface area (Å²) < 4.78 is 10.3. The molecule has 0 fully saturated rings. The van der Waals surface area contributed by atoms with Crippen LogP contribution < -0.4 is 14.8 Å². The van der Waals surface area contributed by atoms with Gasteiger partial charge in [0, 0.05) is 0 Å². The van der Waals surface area contributed by atoms with E-state index in [0.29, 0.717) is 17.1 Å². The van der Waals surface area contributed by atoms with Crippen molar-refractivity contribution in [1.82, 2.24) is 5.32 Å². The van der Waals surface area contributed by atoms with Crippen molar-refractivity contribution in [3.8, 4) is 23.8 Å². The van der Waals surface area contributed by atoms with Crippen LogP contribution in [0.15, 0.2) is 18.2 Å². The molecule has 1 aromatic rings.